The van der Waals surface area contributed by atoms with Crippen molar-refractivity contribution >= 4 is 145 Å². The Morgan fingerprint density at radius 2 is 0.551 bits per heavy atom. The van der Waals surface area contributed by atoms with E-state index >= 15 is 0 Å². The van der Waals surface area contributed by atoms with Crippen molar-refractivity contribution in [2.45, 2.75) is 316 Å². The van der Waals surface area contributed by atoms with Crippen LogP contribution in [0, 0.1) is 6.92 Å². The maximum absolute atomic E-state index is 12.6. The summed E-state index contributed by atoms with van der Waals surface area (Å²) in [7, 11) is 0. The predicted octanol–water partition coefficient (Wildman–Crippen LogP) is 23.6. The van der Waals surface area contributed by atoms with Gasteiger partial charge in [0.2, 0.25) is 0 Å². The summed E-state index contributed by atoms with van der Waals surface area (Å²) < 4.78 is 61.0. The molecule has 0 radical (unpaired) electrons. The molecule has 6 aromatic carbocycles. The van der Waals surface area contributed by atoms with Gasteiger partial charge < -0.3 is 72.9 Å². The largest absolute Gasteiger partial charge is 0.462 e. The molecule has 0 saturated carbocycles. The number of aldehydes is 2. The van der Waals surface area contributed by atoms with Gasteiger partial charge in [-0.2, -0.15) is 0 Å². The van der Waals surface area contributed by atoms with Crippen molar-refractivity contribution in [2.24, 2.45) is 0 Å². The first-order valence-electron chi connectivity index (χ1n) is 48.8. The normalized spacial score (nSPS) is 12.1. The van der Waals surface area contributed by atoms with Gasteiger partial charge in [-0.15, -0.1) is 0 Å². The summed E-state index contributed by atoms with van der Waals surface area (Å²) in [5, 5.41) is 54.4. The highest BCUT2D eigenvalue weighted by molar-refractivity contribution is 6.07. The fourth-order valence-corrected chi connectivity index (χ4v) is 14.8. The standard InChI is InChI=1S/C21H29NO5.C21H27NO5.C19H27NO4.C19H25NO4.C17H19NO5.C17H21NO4/c2*1-7-26-18(23)15-12-14(8-10-21(5,6)25)16-9-11-22(17(16)13-15)19(24)27-20(2,3)4;2*1-18(2,3)24-17(22)20-9-7-15-14(6-8-19(4,5)23)10-13(12-21)11-16(15)20;1-5-22-15(20)11-8-12(10-19)13-6-7-18(14(13)9-11)16(21)23-17(2,3)4;1-6-21-15(19)12-9-11(2)13-7-8-18(14(13)10-12)16(20)22-17(3,4)5/h9,11-13,25H,7-8,10H2,1-6H3;8-13,25H,7H2,1-6H3;7,9-11,21,23H,6,8,12H2,1-5H3;7,9-12,23H,6,8H2,1-5H3;6-10H,5H2,1-4H3;7-10H,6H2,1-5H3. The molecule has 0 atom stereocenters. The number of rotatable bonds is 22. The molecule has 0 bridgehead atoms. The maximum atomic E-state index is 12.6. The van der Waals surface area contributed by atoms with Crippen molar-refractivity contribution < 1.29 is 130 Å². The van der Waals surface area contributed by atoms with Gasteiger partial charge in [-0.25, -0.2) is 47.9 Å². The third-order valence-electron chi connectivity index (χ3n) is 21.2. The highest BCUT2D eigenvalue weighted by Crippen LogP contribution is 2.35. The van der Waals surface area contributed by atoms with E-state index in [2.05, 4.69) is 0 Å². The van der Waals surface area contributed by atoms with Gasteiger partial charge in [0, 0.05) is 80.6 Å². The quantitative estimate of drug-likeness (QED) is 0.0239. The van der Waals surface area contributed by atoms with Gasteiger partial charge in [0.15, 0.2) is 6.29 Å². The van der Waals surface area contributed by atoms with Gasteiger partial charge in [0.25, 0.3) is 0 Å². The van der Waals surface area contributed by atoms with E-state index < -0.39 is 116 Å². The molecule has 12 rings (SSSR count). The van der Waals surface area contributed by atoms with Crippen LogP contribution in [0.1, 0.15) is 323 Å². The molecule has 33 nitrogen and oxygen atoms in total. The number of nitrogens with zero attached hydrogens (tertiary/aromatic N) is 6. The number of aryl methyl sites for hydroxylation is 4. The topological polar surface area (TPSA) is 428 Å². The molecule has 0 aliphatic rings. The lowest BCUT2D eigenvalue weighted by Gasteiger charge is -2.20. The third kappa shape index (κ3) is 36.3. The Bertz CT molecular complexity index is 6780. The van der Waals surface area contributed by atoms with E-state index in [0.717, 1.165) is 61.0 Å². The van der Waals surface area contributed by atoms with Crippen molar-refractivity contribution in [2.75, 3.05) is 26.4 Å². The number of carbonyl (C=O) groups is 12. The molecular formula is C114H148N6O27. The first-order valence-corrected chi connectivity index (χ1v) is 48.8. The van der Waals surface area contributed by atoms with E-state index in [1.165, 1.54) is 45.7 Å². The fraction of sp³-hybridized carbons (Fsp3) is 0.456. The summed E-state index contributed by atoms with van der Waals surface area (Å²) in [5.74, 6) is -1.87. The number of hydrogen-bond acceptors (Lipinski definition) is 27. The molecule has 6 heterocycles. The molecule has 6 aromatic heterocycles. The number of aliphatic hydroxyl groups is 5. The second kappa shape index (κ2) is 49.1. The lowest BCUT2D eigenvalue weighted by atomic mass is 9.95. The predicted molar refractivity (Wildman–Crippen MR) is 566 cm³/mol. The highest BCUT2D eigenvalue weighted by atomic mass is 16.6. The Kier molecular flexibility index (Phi) is 40.1. The second-order valence-electron chi connectivity index (χ2n) is 43.8. The summed E-state index contributed by atoms with van der Waals surface area (Å²) in [6.07, 6.45) is 15.0. The summed E-state index contributed by atoms with van der Waals surface area (Å²) in [6.45, 7) is 56.0. The van der Waals surface area contributed by atoms with Crippen LogP contribution in [0.3, 0.4) is 0 Å². The van der Waals surface area contributed by atoms with Crippen LogP contribution in [0.25, 0.3) is 71.5 Å². The zero-order chi connectivity index (χ0) is 111. The number of aromatic nitrogens is 6. The van der Waals surface area contributed by atoms with Gasteiger partial charge in [0.05, 0.1) is 111 Å². The molecule has 0 aliphatic carbocycles. The molecule has 5 N–H and O–H groups in total. The van der Waals surface area contributed by atoms with Crippen molar-refractivity contribution in [1.29, 1.82) is 0 Å². The average Bonchev–Trinajstić information content (AvgIpc) is 1.67. The molecule has 796 valence electrons. The average molecular weight is 2030 g/mol. The van der Waals surface area contributed by atoms with Crippen LogP contribution in [0.4, 0.5) is 28.8 Å². The van der Waals surface area contributed by atoms with Gasteiger partial charge in [-0.1, -0.05) is 18.2 Å². The van der Waals surface area contributed by atoms with Gasteiger partial charge in [-0.05, 0) is 390 Å². The number of aliphatic hydroxyl groups excluding tert-OH is 1. The first-order chi connectivity index (χ1) is 67.8. The SMILES string of the molecule is CC(C)(O)CCc1cc(C=O)cc2c1ccn2C(=O)OC(C)(C)C.CC(C)(O)CCc1cc(CO)cc2c1ccn2C(=O)OC(C)(C)C.CCOC(=O)c1cc(C)c2ccn(C(=O)OC(C)(C)C)c2c1.CCOC(=O)c1cc(C=CC(C)(C)O)c2ccn(C(=O)OC(C)(C)C)c2c1.CCOC(=O)c1cc(C=O)c2ccn(C(=O)OC(C)(C)C)c2c1.CCOC(=O)c1cc(CCC(C)(C)O)c2ccn(C(=O)OC(C)(C)C)c2c1. The Morgan fingerprint density at radius 1 is 0.299 bits per heavy atom. The monoisotopic (exact) mass is 2030 g/mol. The van der Waals surface area contributed by atoms with Crippen LogP contribution in [-0.4, -0.2) is 208 Å². The minimum atomic E-state index is -1.01. The van der Waals surface area contributed by atoms with E-state index in [1.54, 1.807) is 255 Å². The van der Waals surface area contributed by atoms with Crippen LogP contribution < -0.4 is 0 Å². The summed E-state index contributed by atoms with van der Waals surface area (Å²) in [5.41, 5.74) is 3.72. The third-order valence-corrected chi connectivity index (χ3v) is 21.2. The molecule has 12 aromatic rings. The minimum absolute atomic E-state index is 0.106. The second-order valence-corrected chi connectivity index (χ2v) is 43.8. The van der Waals surface area contributed by atoms with E-state index in [9.17, 15) is 83.1 Å². The number of benzene rings is 6. The van der Waals surface area contributed by atoms with E-state index in [0.29, 0.717) is 123 Å². The Labute approximate surface area is 859 Å². The maximum Gasteiger partial charge on any atom is 0.418 e. The zero-order valence-corrected chi connectivity index (χ0v) is 90.8. The van der Waals surface area contributed by atoms with Crippen LogP contribution >= 0.6 is 0 Å². The van der Waals surface area contributed by atoms with Gasteiger partial charge >= 0.3 is 60.4 Å². The smallest absolute Gasteiger partial charge is 0.418 e. The van der Waals surface area contributed by atoms with Crippen LogP contribution in [-0.2, 0) is 73.2 Å². The molecule has 0 saturated heterocycles. The molecule has 0 aliphatic heterocycles. The van der Waals surface area contributed by atoms with E-state index in [4.69, 9.17) is 47.4 Å². The molecule has 0 amide bonds. The van der Waals surface area contributed by atoms with Crippen molar-refractivity contribution in [3.63, 3.8) is 0 Å². The number of esters is 4. The Balaban J connectivity index is 0.000000239. The number of hydrogen-bond donors (Lipinski definition) is 5. The van der Waals surface area contributed by atoms with Crippen LogP contribution in [0.15, 0.2) is 152 Å². The van der Waals surface area contributed by atoms with Crippen molar-refractivity contribution in [1.82, 2.24) is 27.4 Å². The number of ether oxygens (including phenoxy) is 10. The summed E-state index contributed by atoms with van der Waals surface area (Å²) >= 11 is 0. The van der Waals surface area contributed by atoms with Gasteiger partial charge in [0.1, 0.15) is 39.9 Å². The molecular weight excluding hydrogens is 1890 g/mol. The molecule has 0 unspecified atom stereocenters. The zero-order valence-electron chi connectivity index (χ0n) is 90.8. The van der Waals surface area contributed by atoms with E-state index in [-0.39, 0.29) is 32.0 Å². The minimum Gasteiger partial charge on any atom is -0.462 e. The highest BCUT2D eigenvalue weighted by Gasteiger charge is 2.31. The number of fused-ring (bicyclic) bond motifs is 6. The van der Waals surface area contributed by atoms with Crippen molar-refractivity contribution in [3.8, 4) is 0 Å². The molecule has 147 heavy (non-hydrogen) atoms. The van der Waals surface area contributed by atoms with Crippen LogP contribution in [0.2, 0.25) is 0 Å². The van der Waals surface area contributed by atoms with Crippen LogP contribution in [0.5, 0.6) is 0 Å². The Morgan fingerprint density at radius 3 is 0.837 bits per heavy atom. The lowest BCUT2D eigenvalue weighted by molar-refractivity contribution is 0.0516. The van der Waals surface area contributed by atoms with Crippen molar-refractivity contribution in [3.05, 3.63) is 219 Å². The first kappa shape index (κ1) is 120. The van der Waals surface area contributed by atoms with E-state index in [1.807, 2.05) is 99.6 Å². The molecule has 33 heteroatoms. The Hall–Kier alpha value is -13.9. The number of carbonyl (C=O) groups excluding carboxylic acids is 12. The molecule has 0 fully saturated rings. The lowest BCUT2D eigenvalue weighted by Crippen LogP contribution is -2.26. The summed E-state index contributed by atoms with van der Waals surface area (Å²) in [4.78, 5) is 145. The summed E-state index contributed by atoms with van der Waals surface area (Å²) in [6, 6.07) is 31.1. The van der Waals surface area contributed by atoms with Gasteiger partial charge in [-0.3, -0.25) is 37.0 Å². The molecule has 0 spiro atoms. The fourth-order valence-electron chi connectivity index (χ4n) is 14.8.